The first-order valence-corrected chi connectivity index (χ1v) is 10.7. The zero-order valence-corrected chi connectivity index (χ0v) is 17.4. The molecule has 3 rings (SSSR count). The molecule has 0 aliphatic heterocycles. The standard InChI is InChI=1S/C21H16ClF3N2O3S/c22-17-11-12-19(27-31(28,29)21(23,24)25)18(13-17)20(16-9-5-2-6-10-16)26-30-14-15-7-3-1-4-8-15/h1-13,27H,14H2/b26-20+. The average molecular weight is 469 g/mol. The summed E-state index contributed by atoms with van der Waals surface area (Å²) in [5.74, 6) is 0. The molecule has 0 aromatic heterocycles. The van der Waals surface area contributed by atoms with Crippen LogP contribution in [0.15, 0.2) is 84.0 Å². The lowest BCUT2D eigenvalue weighted by Gasteiger charge is -2.16. The number of nitrogens with one attached hydrogen (secondary N) is 1. The second kappa shape index (κ2) is 9.40. The van der Waals surface area contributed by atoms with Crippen molar-refractivity contribution in [1.29, 1.82) is 0 Å². The fourth-order valence-electron chi connectivity index (χ4n) is 2.60. The fraction of sp³-hybridized carbons (Fsp3) is 0.0952. The van der Waals surface area contributed by atoms with Crippen LogP contribution in [0.3, 0.4) is 0 Å². The monoisotopic (exact) mass is 468 g/mol. The molecular weight excluding hydrogens is 453 g/mol. The second-order valence-corrected chi connectivity index (χ2v) is 8.42. The average Bonchev–Trinajstić information content (AvgIpc) is 2.73. The molecule has 1 N–H and O–H groups in total. The minimum absolute atomic E-state index is 0.0274. The van der Waals surface area contributed by atoms with Crippen LogP contribution in [-0.4, -0.2) is 19.6 Å². The van der Waals surface area contributed by atoms with E-state index in [1.807, 2.05) is 30.3 Å². The maximum atomic E-state index is 12.9. The Hall–Kier alpha value is -3.04. The molecule has 0 unspecified atom stereocenters. The van der Waals surface area contributed by atoms with E-state index in [-0.39, 0.29) is 28.6 Å². The molecule has 3 aromatic rings. The number of oxime groups is 1. The summed E-state index contributed by atoms with van der Waals surface area (Å²) in [6, 6.07) is 21.3. The smallest absolute Gasteiger partial charge is 0.390 e. The molecule has 0 aliphatic carbocycles. The van der Waals surface area contributed by atoms with Crippen LogP contribution in [0.25, 0.3) is 0 Å². The minimum atomic E-state index is -5.65. The third-order valence-electron chi connectivity index (χ3n) is 4.06. The molecule has 162 valence electrons. The fourth-order valence-corrected chi connectivity index (χ4v) is 3.36. The van der Waals surface area contributed by atoms with E-state index in [1.54, 1.807) is 35.1 Å². The number of hydrogen-bond donors (Lipinski definition) is 1. The van der Waals surface area contributed by atoms with Crippen LogP contribution in [-0.2, 0) is 21.5 Å². The van der Waals surface area contributed by atoms with E-state index in [0.29, 0.717) is 5.56 Å². The summed E-state index contributed by atoms with van der Waals surface area (Å²) in [4.78, 5) is 5.43. The maximum Gasteiger partial charge on any atom is 0.516 e. The van der Waals surface area contributed by atoms with Crippen molar-refractivity contribution in [2.75, 3.05) is 4.72 Å². The Morgan fingerprint density at radius 2 is 1.58 bits per heavy atom. The first-order valence-electron chi connectivity index (χ1n) is 8.86. The van der Waals surface area contributed by atoms with Crippen LogP contribution in [0.2, 0.25) is 5.02 Å². The highest BCUT2D eigenvalue weighted by atomic mass is 35.5. The quantitative estimate of drug-likeness (QED) is 0.364. The van der Waals surface area contributed by atoms with E-state index in [2.05, 4.69) is 5.16 Å². The molecule has 10 heteroatoms. The van der Waals surface area contributed by atoms with E-state index in [0.717, 1.165) is 11.6 Å². The van der Waals surface area contributed by atoms with Gasteiger partial charge in [-0.1, -0.05) is 77.4 Å². The molecular formula is C21H16ClF3N2O3S. The summed E-state index contributed by atoms with van der Waals surface area (Å²) in [5, 5.41) is 4.27. The van der Waals surface area contributed by atoms with Crippen molar-refractivity contribution in [3.05, 3.63) is 101 Å². The SMILES string of the molecule is O=S(=O)(Nc1ccc(Cl)cc1/C(=N/OCc1ccccc1)c1ccccc1)C(F)(F)F. The lowest BCUT2D eigenvalue weighted by Crippen LogP contribution is -2.30. The van der Waals surface area contributed by atoms with E-state index < -0.39 is 15.5 Å². The predicted octanol–water partition coefficient (Wildman–Crippen LogP) is 5.57. The van der Waals surface area contributed by atoms with E-state index in [4.69, 9.17) is 16.4 Å². The van der Waals surface area contributed by atoms with Crippen molar-refractivity contribution in [3.8, 4) is 0 Å². The van der Waals surface area contributed by atoms with E-state index >= 15 is 0 Å². The van der Waals surface area contributed by atoms with Crippen molar-refractivity contribution in [2.24, 2.45) is 5.16 Å². The predicted molar refractivity (Wildman–Crippen MR) is 113 cm³/mol. The second-order valence-electron chi connectivity index (χ2n) is 6.31. The van der Waals surface area contributed by atoms with Crippen molar-refractivity contribution in [3.63, 3.8) is 0 Å². The largest absolute Gasteiger partial charge is 0.516 e. The Bertz CT molecular complexity index is 1170. The topological polar surface area (TPSA) is 67.8 Å². The van der Waals surface area contributed by atoms with E-state index in [1.165, 1.54) is 12.1 Å². The first kappa shape index (κ1) is 22.6. The van der Waals surface area contributed by atoms with Crippen molar-refractivity contribution in [1.82, 2.24) is 0 Å². The number of sulfonamides is 1. The molecule has 3 aromatic carbocycles. The molecule has 0 saturated heterocycles. The number of rotatable bonds is 7. The van der Waals surface area contributed by atoms with Gasteiger partial charge in [0.25, 0.3) is 0 Å². The van der Waals surface area contributed by atoms with Gasteiger partial charge in [0, 0.05) is 16.1 Å². The molecule has 0 heterocycles. The summed E-state index contributed by atoms with van der Waals surface area (Å²) in [5.41, 5.74) is -4.38. The van der Waals surface area contributed by atoms with Gasteiger partial charge in [-0.25, -0.2) is 0 Å². The number of anilines is 1. The lowest BCUT2D eigenvalue weighted by molar-refractivity contribution is -0.0429. The zero-order chi connectivity index (χ0) is 22.5. The highest BCUT2D eigenvalue weighted by Gasteiger charge is 2.46. The third-order valence-corrected chi connectivity index (χ3v) is 5.40. The molecule has 31 heavy (non-hydrogen) atoms. The highest BCUT2D eigenvalue weighted by molar-refractivity contribution is 7.93. The zero-order valence-electron chi connectivity index (χ0n) is 15.8. The number of alkyl halides is 3. The molecule has 0 spiro atoms. The van der Waals surface area contributed by atoms with Crippen LogP contribution in [0.5, 0.6) is 0 Å². The Morgan fingerprint density at radius 1 is 0.968 bits per heavy atom. The molecule has 0 bridgehead atoms. The number of benzene rings is 3. The van der Waals surface area contributed by atoms with Gasteiger partial charge < -0.3 is 4.84 Å². The van der Waals surface area contributed by atoms with Crippen molar-refractivity contribution < 1.29 is 26.4 Å². The summed E-state index contributed by atoms with van der Waals surface area (Å²) < 4.78 is 63.7. The van der Waals surface area contributed by atoms with Gasteiger partial charge in [0.05, 0.1) is 5.69 Å². The van der Waals surface area contributed by atoms with Crippen molar-refractivity contribution in [2.45, 2.75) is 12.1 Å². The van der Waals surface area contributed by atoms with E-state index in [9.17, 15) is 21.6 Å². The van der Waals surface area contributed by atoms with Gasteiger partial charge in [0.2, 0.25) is 0 Å². The molecule has 0 atom stereocenters. The van der Waals surface area contributed by atoms with Gasteiger partial charge >= 0.3 is 15.5 Å². The number of halogens is 4. The van der Waals surface area contributed by atoms with Crippen LogP contribution in [0.1, 0.15) is 16.7 Å². The first-order chi connectivity index (χ1) is 14.7. The van der Waals surface area contributed by atoms with Gasteiger partial charge in [0.1, 0.15) is 12.3 Å². The summed E-state index contributed by atoms with van der Waals surface area (Å²) >= 11 is 6.04. The summed E-state index contributed by atoms with van der Waals surface area (Å²) in [7, 11) is -5.65. The molecule has 0 amide bonds. The van der Waals surface area contributed by atoms with Gasteiger partial charge in [-0.3, -0.25) is 4.72 Å². The Labute approximate surface area is 182 Å². The summed E-state index contributed by atoms with van der Waals surface area (Å²) in [6.45, 7) is 0.0986. The lowest BCUT2D eigenvalue weighted by atomic mass is 10.0. The molecule has 0 saturated carbocycles. The minimum Gasteiger partial charge on any atom is -0.390 e. The van der Waals surface area contributed by atoms with Crippen molar-refractivity contribution >= 4 is 33.0 Å². The molecule has 0 fully saturated rings. The molecule has 5 nitrogen and oxygen atoms in total. The Morgan fingerprint density at radius 3 is 2.19 bits per heavy atom. The number of hydrogen-bond acceptors (Lipinski definition) is 4. The number of nitrogens with zero attached hydrogens (tertiary/aromatic N) is 1. The van der Waals surface area contributed by atoms with Gasteiger partial charge in [-0.05, 0) is 23.8 Å². The highest BCUT2D eigenvalue weighted by Crippen LogP contribution is 2.30. The van der Waals surface area contributed by atoms with Gasteiger partial charge in [-0.2, -0.15) is 21.6 Å². The van der Waals surface area contributed by atoms with Crippen LogP contribution < -0.4 is 4.72 Å². The van der Waals surface area contributed by atoms with Gasteiger partial charge in [0.15, 0.2) is 0 Å². The summed E-state index contributed by atoms with van der Waals surface area (Å²) in [6.07, 6.45) is 0. The van der Waals surface area contributed by atoms with Gasteiger partial charge in [-0.15, -0.1) is 0 Å². The molecule has 0 radical (unpaired) electrons. The molecule has 0 aliphatic rings. The Kier molecular flexibility index (Phi) is 6.87. The maximum absolute atomic E-state index is 12.9. The normalized spacial score (nSPS) is 12.5. The Balaban J connectivity index is 2.04. The van der Waals surface area contributed by atoms with Crippen LogP contribution >= 0.6 is 11.6 Å². The van der Waals surface area contributed by atoms with Crippen LogP contribution in [0, 0.1) is 0 Å². The van der Waals surface area contributed by atoms with Crippen LogP contribution in [0.4, 0.5) is 18.9 Å². The third kappa shape index (κ3) is 5.77.